The molecule has 4 nitrogen and oxygen atoms in total. The molecule has 1 aromatic heterocycles. The summed E-state index contributed by atoms with van der Waals surface area (Å²) in [5, 5.41) is 4.21. The number of nitrogens with zero attached hydrogens (tertiary/aromatic N) is 2. The van der Waals surface area contributed by atoms with E-state index in [1.807, 2.05) is 0 Å². The lowest BCUT2D eigenvalue weighted by Gasteiger charge is -2.07. The molecule has 17 heavy (non-hydrogen) atoms. The maximum Gasteiger partial charge on any atom is 0.144 e. The highest BCUT2D eigenvalue weighted by Gasteiger charge is 2.01. The summed E-state index contributed by atoms with van der Waals surface area (Å²) < 4.78 is 0. The van der Waals surface area contributed by atoms with Crippen LogP contribution < -0.4 is 11.1 Å². The second-order valence-electron chi connectivity index (χ2n) is 3.35. The van der Waals surface area contributed by atoms with Gasteiger partial charge in [0.25, 0.3) is 0 Å². The second kappa shape index (κ2) is 5.31. The van der Waals surface area contributed by atoms with Crippen LogP contribution in [0.5, 0.6) is 0 Å². The summed E-state index contributed by atoms with van der Waals surface area (Å²) in [6.45, 7) is 0.297. The minimum atomic E-state index is 0.297. The van der Waals surface area contributed by atoms with E-state index in [0.29, 0.717) is 28.2 Å². The van der Waals surface area contributed by atoms with Gasteiger partial charge < -0.3 is 11.1 Å². The van der Waals surface area contributed by atoms with Crippen molar-refractivity contribution in [3.63, 3.8) is 0 Å². The molecule has 6 heteroatoms. The van der Waals surface area contributed by atoms with E-state index in [1.165, 1.54) is 0 Å². The highest BCUT2D eigenvalue weighted by molar-refractivity contribution is 6.35. The lowest BCUT2D eigenvalue weighted by Crippen LogP contribution is -2.04. The van der Waals surface area contributed by atoms with Crippen molar-refractivity contribution >= 4 is 34.7 Å². The Bertz CT molecular complexity index is 510. The molecule has 0 spiro atoms. The first-order chi connectivity index (χ1) is 8.17. The van der Waals surface area contributed by atoms with Gasteiger partial charge in [0.1, 0.15) is 11.6 Å². The molecule has 2 aromatic rings. The van der Waals surface area contributed by atoms with Crippen LogP contribution >= 0.6 is 23.2 Å². The zero-order valence-corrected chi connectivity index (χ0v) is 10.3. The fourth-order valence-corrected chi connectivity index (χ4v) is 1.87. The molecule has 0 fully saturated rings. The maximum absolute atomic E-state index is 5.90. The zero-order chi connectivity index (χ0) is 12.3. The summed E-state index contributed by atoms with van der Waals surface area (Å²) in [5.74, 6) is 1.22. The zero-order valence-electron chi connectivity index (χ0n) is 8.82. The quantitative estimate of drug-likeness (QED) is 0.899. The van der Waals surface area contributed by atoms with Crippen molar-refractivity contribution in [2.45, 2.75) is 6.54 Å². The Kier molecular flexibility index (Phi) is 3.78. The van der Waals surface area contributed by atoms with Crippen LogP contribution in [0.1, 0.15) is 5.82 Å². The van der Waals surface area contributed by atoms with E-state index < -0.39 is 0 Å². The number of hydrogen-bond donors (Lipinski definition) is 2. The number of halogens is 2. The molecule has 1 heterocycles. The molecule has 0 radical (unpaired) electrons. The van der Waals surface area contributed by atoms with E-state index in [9.17, 15) is 0 Å². The Morgan fingerprint density at radius 3 is 2.53 bits per heavy atom. The molecule has 0 aliphatic carbocycles. The van der Waals surface area contributed by atoms with Crippen molar-refractivity contribution in [1.29, 1.82) is 0 Å². The molecule has 0 aliphatic heterocycles. The van der Waals surface area contributed by atoms with Crippen molar-refractivity contribution in [2.24, 2.45) is 5.73 Å². The van der Waals surface area contributed by atoms with Gasteiger partial charge in [0.05, 0.1) is 6.54 Å². The highest BCUT2D eigenvalue weighted by atomic mass is 35.5. The van der Waals surface area contributed by atoms with Gasteiger partial charge in [-0.25, -0.2) is 9.97 Å². The van der Waals surface area contributed by atoms with E-state index in [1.54, 1.807) is 30.5 Å². The number of benzene rings is 1. The third kappa shape index (κ3) is 3.30. The minimum Gasteiger partial charge on any atom is -0.340 e. The third-order valence-corrected chi connectivity index (χ3v) is 2.46. The Balaban J connectivity index is 2.24. The van der Waals surface area contributed by atoms with Crippen LogP contribution in [0.4, 0.5) is 11.5 Å². The molecule has 1 aromatic carbocycles. The topological polar surface area (TPSA) is 63.8 Å². The molecule has 3 N–H and O–H groups in total. The van der Waals surface area contributed by atoms with Gasteiger partial charge >= 0.3 is 0 Å². The normalized spacial score (nSPS) is 10.3. The Labute approximate surface area is 109 Å². The number of rotatable bonds is 3. The number of nitrogens with one attached hydrogen (secondary N) is 1. The fourth-order valence-electron chi connectivity index (χ4n) is 1.34. The van der Waals surface area contributed by atoms with E-state index in [-0.39, 0.29) is 0 Å². The molecule has 88 valence electrons. The summed E-state index contributed by atoms with van der Waals surface area (Å²) in [6, 6.07) is 6.93. The Morgan fingerprint density at radius 2 is 1.88 bits per heavy atom. The summed E-state index contributed by atoms with van der Waals surface area (Å²) in [4.78, 5) is 8.22. The highest BCUT2D eigenvalue weighted by Crippen LogP contribution is 2.24. The van der Waals surface area contributed by atoms with Crippen molar-refractivity contribution in [3.05, 3.63) is 46.3 Å². The number of anilines is 2. The van der Waals surface area contributed by atoms with Gasteiger partial charge in [0.15, 0.2) is 0 Å². The van der Waals surface area contributed by atoms with Crippen LogP contribution in [0.2, 0.25) is 10.0 Å². The Hall–Kier alpha value is -1.36. The summed E-state index contributed by atoms with van der Waals surface area (Å²) in [6.07, 6.45) is 1.64. The molecule has 0 atom stereocenters. The molecule has 0 amide bonds. The average Bonchev–Trinajstić information content (AvgIpc) is 2.28. The summed E-state index contributed by atoms with van der Waals surface area (Å²) in [5.41, 5.74) is 6.23. The molecule has 0 aliphatic rings. The van der Waals surface area contributed by atoms with Gasteiger partial charge in [-0.1, -0.05) is 23.2 Å². The van der Waals surface area contributed by atoms with E-state index in [4.69, 9.17) is 28.9 Å². The smallest absolute Gasteiger partial charge is 0.144 e. The van der Waals surface area contributed by atoms with Gasteiger partial charge in [-0.3, -0.25) is 0 Å². The van der Waals surface area contributed by atoms with E-state index in [0.717, 1.165) is 5.69 Å². The first-order valence-corrected chi connectivity index (χ1v) is 5.68. The van der Waals surface area contributed by atoms with Gasteiger partial charge in [-0.05, 0) is 24.3 Å². The SMILES string of the molecule is NCc1nccc(Nc2cc(Cl)cc(Cl)c2)n1. The first-order valence-electron chi connectivity index (χ1n) is 4.92. The summed E-state index contributed by atoms with van der Waals surface area (Å²) >= 11 is 11.8. The Morgan fingerprint density at radius 1 is 1.18 bits per heavy atom. The molecular formula is C11H10Cl2N4. The van der Waals surface area contributed by atoms with Crippen molar-refractivity contribution in [3.8, 4) is 0 Å². The van der Waals surface area contributed by atoms with Crippen LogP contribution in [0.3, 0.4) is 0 Å². The number of aromatic nitrogens is 2. The van der Waals surface area contributed by atoms with Gasteiger partial charge in [0, 0.05) is 21.9 Å². The van der Waals surface area contributed by atoms with Gasteiger partial charge in [0.2, 0.25) is 0 Å². The lowest BCUT2D eigenvalue weighted by molar-refractivity contribution is 0.912. The molecule has 0 unspecified atom stereocenters. The average molecular weight is 269 g/mol. The molecule has 2 rings (SSSR count). The predicted octanol–water partition coefficient (Wildman–Crippen LogP) is 2.99. The second-order valence-corrected chi connectivity index (χ2v) is 4.22. The fraction of sp³-hybridized carbons (Fsp3) is 0.0909. The maximum atomic E-state index is 5.90. The molecule has 0 bridgehead atoms. The predicted molar refractivity (Wildman–Crippen MR) is 69.7 cm³/mol. The van der Waals surface area contributed by atoms with Crippen molar-refractivity contribution in [1.82, 2.24) is 9.97 Å². The van der Waals surface area contributed by atoms with Crippen molar-refractivity contribution < 1.29 is 0 Å². The lowest BCUT2D eigenvalue weighted by atomic mass is 10.3. The van der Waals surface area contributed by atoms with Gasteiger partial charge in [-0.2, -0.15) is 0 Å². The van der Waals surface area contributed by atoms with Crippen molar-refractivity contribution in [2.75, 3.05) is 5.32 Å². The van der Waals surface area contributed by atoms with Crippen LogP contribution in [0.15, 0.2) is 30.5 Å². The van der Waals surface area contributed by atoms with Crippen LogP contribution in [-0.2, 0) is 6.54 Å². The van der Waals surface area contributed by atoms with Gasteiger partial charge in [-0.15, -0.1) is 0 Å². The van der Waals surface area contributed by atoms with E-state index in [2.05, 4.69) is 15.3 Å². The minimum absolute atomic E-state index is 0.297. The summed E-state index contributed by atoms with van der Waals surface area (Å²) in [7, 11) is 0. The van der Waals surface area contributed by atoms with Crippen LogP contribution in [0, 0.1) is 0 Å². The largest absolute Gasteiger partial charge is 0.340 e. The third-order valence-electron chi connectivity index (χ3n) is 2.02. The molecule has 0 saturated carbocycles. The molecule has 0 saturated heterocycles. The number of nitrogens with two attached hydrogens (primary N) is 1. The number of hydrogen-bond acceptors (Lipinski definition) is 4. The van der Waals surface area contributed by atoms with Crippen LogP contribution in [0.25, 0.3) is 0 Å². The first kappa shape index (κ1) is 12.1. The standard InChI is InChI=1S/C11H10Cl2N4/c12-7-3-8(13)5-9(4-7)16-10-1-2-15-11(6-14)17-10/h1-5H,6,14H2,(H,15,16,17). The molecular weight excluding hydrogens is 259 g/mol. The van der Waals surface area contributed by atoms with E-state index >= 15 is 0 Å². The monoisotopic (exact) mass is 268 g/mol. The van der Waals surface area contributed by atoms with Crippen LogP contribution in [-0.4, -0.2) is 9.97 Å².